The third-order valence-corrected chi connectivity index (χ3v) is 3.65. The molecule has 1 saturated carbocycles. The molecule has 0 saturated heterocycles. The minimum absolute atomic E-state index is 0.545. The summed E-state index contributed by atoms with van der Waals surface area (Å²) in [4.78, 5) is 4.59. The number of hydrogen-bond donors (Lipinski definition) is 1. The van der Waals surface area contributed by atoms with Gasteiger partial charge in [0.15, 0.2) is 0 Å². The molecule has 19 heavy (non-hydrogen) atoms. The van der Waals surface area contributed by atoms with Gasteiger partial charge in [0, 0.05) is 32.0 Å². The van der Waals surface area contributed by atoms with E-state index < -0.39 is 0 Å². The number of nitrogens with one attached hydrogen (secondary N) is 1. The highest BCUT2D eigenvalue weighted by Gasteiger charge is 2.25. The zero-order chi connectivity index (χ0) is 13.7. The molecule has 0 bridgehead atoms. The van der Waals surface area contributed by atoms with Gasteiger partial charge in [-0.2, -0.15) is 0 Å². The first-order valence-corrected chi connectivity index (χ1v) is 7.57. The molecular formula is C15H27N3O. The fraction of sp³-hybridized carbons (Fsp3) is 0.800. The van der Waals surface area contributed by atoms with Crippen LogP contribution in [0.15, 0.2) is 6.20 Å². The second-order valence-corrected chi connectivity index (χ2v) is 5.62. The van der Waals surface area contributed by atoms with E-state index in [4.69, 9.17) is 4.74 Å². The van der Waals surface area contributed by atoms with Gasteiger partial charge in [0.2, 0.25) is 5.95 Å². The van der Waals surface area contributed by atoms with Gasteiger partial charge < -0.3 is 14.6 Å². The van der Waals surface area contributed by atoms with Crippen LogP contribution in [0.3, 0.4) is 0 Å². The Morgan fingerprint density at radius 2 is 2.32 bits per heavy atom. The molecule has 0 spiro atoms. The molecule has 4 nitrogen and oxygen atoms in total. The Labute approximate surface area is 116 Å². The van der Waals surface area contributed by atoms with Crippen molar-refractivity contribution in [2.75, 3.05) is 25.1 Å². The number of imidazole rings is 1. The number of aryl methyl sites for hydroxylation is 1. The van der Waals surface area contributed by atoms with E-state index >= 15 is 0 Å². The summed E-state index contributed by atoms with van der Waals surface area (Å²) >= 11 is 0. The molecule has 1 fully saturated rings. The lowest BCUT2D eigenvalue weighted by Crippen LogP contribution is -2.13. The van der Waals surface area contributed by atoms with Crippen LogP contribution >= 0.6 is 0 Å². The van der Waals surface area contributed by atoms with E-state index in [0.717, 1.165) is 43.7 Å². The molecule has 1 heterocycles. The van der Waals surface area contributed by atoms with E-state index in [1.807, 2.05) is 6.92 Å². The van der Waals surface area contributed by atoms with E-state index in [9.17, 15) is 0 Å². The summed E-state index contributed by atoms with van der Waals surface area (Å²) in [6.45, 7) is 8.93. The van der Waals surface area contributed by atoms with Crippen molar-refractivity contribution >= 4 is 5.95 Å². The molecule has 1 aromatic heterocycles. The van der Waals surface area contributed by atoms with Gasteiger partial charge in [0.05, 0.1) is 5.69 Å². The molecule has 1 aromatic rings. The number of anilines is 1. The Kier molecular flexibility index (Phi) is 5.25. The number of ether oxygens (including phenoxy) is 1. The van der Waals surface area contributed by atoms with Crippen LogP contribution in [-0.2, 0) is 4.74 Å². The van der Waals surface area contributed by atoms with E-state index in [-0.39, 0.29) is 0 Å². The SMILES string of the molecule is CCOCCCNc1nc(C)cn1C(C)CC1CC1. The third kappa shape index (κ3) is 4.53. The number of nitrogens with zero attached hydrogens (tertiary/aromatic N) is 2. The van der Waals surface area contributed by atoms with Gasteiger partial charge in [0.1, 0.15) is 0 Å². The highest BCUT2D eigenvalue weighted by Crippen LogP contribution is 2.37. The van der Waals surface area contributed by atoms with Gasteiger partial charge in [-0.1, -0.05) is 12.8 Å². The maximum Gasteiger partial charge on any atom is 0.203 e. The molecule has 1 aliphatic carbocycles. The molecule has 0 radical (unpaired) electrons. The summed E-state index contributed by atoms with van der Waals surface area (Å²) in [6, 6.07) is 0.545. The van der Waals surface area contributed by atoms with Gasteiger partial charge in [-0.3, -0.25) is 0 Å². The summed E-state index contributed by atoms with van der Waals surface area (Å²) in [5, 5.41) is 3.44. The molecule has 1 N–H and O–H groups in total. The Balaban J connectivity index is 1.84. The summed E-state index contributed by atoms with van der Waals surface area (Å²) in [5.74, 6) is 1.96. The molecule has 2 rings (SSSR count). The predicted octanol–water partition coefficient (Wildman–Crippen LogP) is 3.39. The largest absolute Gasteiger partial charge is 0.382 e. The number of rotatable bonds is 9. The van der Waals surface area contributed by atoms with Crippen LogP contribution in [0.4, 0.5) is 5.95 Å². The number of hydrogen-bond acceptors (Lipinski definition) is 3. The van der Waals surface area contributed by atoms with Crippen molar-refractivity contribution < 1.29 is 4.74 Å². The first-order chi connectivity index (χ1) is 9.20. The smallest absolute Gasteiger partial charge is 0.203 e. The second kappa shape index (κ2) is 6.94. The minimum atomic E-state index is 0.545. The quantitative estimate of drug-likeness (QED) is 0.696. The van der Waals surface area contributed by atoms with Gasteiger partial charge >= 0.3 is 0 Å². The molecule has 0 aliphatic heterocycles. The fourth-order valence-corrected chi connectivity index (χ4v) is 2.45. The van der Waals surface area contributed by atoms with Gasteiger partial charge in [-0.25, -0.2) is 4.98 Å². The van der Waals surface area contributed by atoms with Crippen LogP contribution in [0.25, 0.3) is 0 Å². The average molecular weight is 265 g/mol. The maximum absolute atomic E-state index is 5.35. The monoisotopic (exact) mass is 265 g/mol. The molecule has 0 aromatic carbocycles. The van der Waals surface area contributed by atoms with Gasteiger partial charge in [-0.15, -0.1) is 0 Å². The summed E-state index contributed by atoms with van der Waals surface area (Å²) in [7, 11) is 0. The lowest BCUT2D eigenvalue weighted by atomic mass is 10.1. The lowest BCUT2D eigenvalue weighted by molar-refractivity contribution is 0.147. The zero-order valence-electron chi connectivity index (χ0n) is 12.5. The molecule has 1 atom stereocenters. The van der Waals surface area contributed by atoms with Crippen LogP contribution in [0.5, 0.6) is 0 Å². The standard InChI is InChI=1S/C15H27N3O/c1-4-19-9-5-8-16-15-17-12(2)11-18(15)13(3)10-14-6-7-14/h11,13-14H,4-10H2,1-3H3,(H,16,17). The molecule has 108 valence electrons. The molecule has 0 amide bonds. The Morgan fingerprint density at radius 1 is 1.53 bits per heavy atom. The van der Waals surface area contributed by atoms with Gasteiger partial charge in [-0.05, 0) is 39.5 Å². The Hall–Kier alpha value is -1.03. The average Bonchev–Trinajstić information content (AvgIpc) is 3.11. The third-order valence-electron chi connectivity index (χ3n) is 3.65. The Morgan fingerprint density at radius 3 is 3.00 bits per heavy atom. The molecule has 1 unspecified atom stereocenters. The maximum atomic E-state index is 5.35. The van der Waals surface area contributed by atoms with Crippen molar-refractivity contribution in [1.29, 1.82) is 0 Å². The van der Waals surface area contributed by atoms with Crippen molar-refractivity contribution in [2.45, 2.75) is 52.5 Å². The lowest BCUT2D eigenvalue weighted by Gasteiger charge is -2.16. The predicted molar refractivity (Wildman–Crippen MR) is 78.6 cm³/mol. The number of aromatic nitrogens is 2. The molecule has 1 aliphatic rings. The van der Waals surface area contributed by atoms with E-state index in [2.05, 4.69) is 34.9 Å². The van der Waals surface area contributed by atoms with Crippen LogP contribution in [0, 0.1) is 12.8 Å². The van der Waals surface area contributed by atoms with Crippen molar-refractivity contribution in [3.05, 3.63) is 11.9 Å². The summed E-state index contributed by atoms with van der Waals surface area (Å²) in [5.41, 5.74) is 1.09. The van der Waals surface area contributed by atoms with E-state index in [1.165, 1.54) is 19.3 Å². The zero-order valence-corrected chi connectivity index (χ0v) is 12.5. The summed E-state index contributed by atoms with van der Waals surface area (Å²) < 4.78 is 7.65. The normalized spacial score (nSPS) is 16.6. The first-order valence-electron chi connectivity index (χ1n) is 7.57. The van der Waals surface area contributed by atoms with Gasteiger partial charge in [0.25, 0.3) is 0 Å². The van der Waals surface area contributed by atoms with Crippen LogP contribution in [0.1, 0.15) is 51.3 Å². The van der Waals surface area contributed by atoms with Crippen LogP contribution in [-0.4, -0.2) is 29.3 Å². The minimum Gasteiger partial charge on any atom is -0.382 e. The first kappa shape index (κ1) is 14.4. The highest BCUT2D eigenvalue weighted by atomic mass is 16.5. The van der Waals surface area contributed by atoms with Crippen molar-refractivity contribution in [2.24, 2.45) is 5.92 Å². The van der Waals surface area contributed by atoms with Crippen molar-refractivity contribution in [1.82, 2.24) is 9.55 Å². The van der Waals surface area contributed by atoms with Crippen molar-refractivity contribution in [3.8, 4) is 0 Å². The topological polar surface area (TPSA) is 39.1 Å². The molecular weight excluding hydrogens is 238 g/mol. The second-order valence-electron chi connectivity index (χ2n) is 5.62. The van der Waals surface area contributed by atoms with E-state index in [1.54, 1.807) is 0 Å². The highest BCUT2D eigenvalue weighted by molar-refractivity contribution is 5.29. The van der Waals surface area contributed by atoms with Crippen LogP contribution in [0.2, 0.25) is 0 Å². The summed E-state index contributed by atoms with van der Waals surface area (Å²) in [6.07, 6.45) is 7.29. The van der Waals surface area contributed by atoms with Crippen molar-refractivity contribution in [3.63, 3.8) is 0 Å². The Bertz CT molecular complexity index is 385. The van der Waals surface area contributed by atoms with E-state index in [0.29, 0.717) is 6.04 Å². The molecule has 4 heteroatoms. The van der Waals surface area contributed by atoms with Crippen LogP contribution < -0.4 is 5.32 Å². The fourth-order valence-electron chi connectivity index (χ4n) is 2.45.